The number of thioether (sulfide) groups is 1. The summed E-state index contributed by atoms with van der Waals surface area (Å²) in [6.45, 7) is 4.43. The van der Waals surface area contributed by atoms with Crippen LogP contribution in [0, 0.1) is 0 Å². The van der Waals surface area contributed by atoms with Gasteiger partial charge in [0.1, 0.15) is 0 Å². The van der Waals surface area contributed by atoms with E-state index in [1.165, 1.54) is 37.9 Å². The first kappa shape index (κ1) is 11.1. The van der Waals surface area contributed by atoms with Crippen molar-refractivity contribution in [3.63, 3.8) is 0 Å². The molecule has 0 aromatic carbocycles. The van der Waals surface area contributed by atoms with E-state index in [2.05, 4.69) is 25.3 Å². The van der Waals surface area contributed by atoms with Crippen molar-refractivity contribution in [3.05, 3.63) is 11.5 Å². The van der Waals surface area contributed by atoms with E-state index < -0.39 is 0 Å². The maximum absolute atomic E-state index is 2.25. The molecule has 0 rings (SSSR count). The normalized spacial score (nSPS) is 11.1. The molecule has 0 fully saturated rings. The minimum Gasteiger partial charge on any atom is -0.134 e. The number of hydrogen-bond acceptors (Lipinski definition) is 1. The molecule has 0 nitrogen and oxygen atoms in total. The van der Waals surface area contributed by atoms with Crippen LogP contribution in [0.1, 0.15) is 46.0 Å². The molecule has 1 heteroatoms. The molecular formula is C10H20S. The van der Waals surface area contributed by atoms with E-state index >= 15 is 0 Å². The van der Waals surface area contributed by atoms with Crippen molar-refractivity contribution in [1.82, 2.24) is 0 Å². The first-order valence-corrected chi connectivity index (χ1v) is 5.73. The lowest BCUT2D eigenvalue weighted by molar-refractivity contribution is 0.707. The van der Waals surface area contributed by atoms with Gasteiger partial charge in [0.2, 0.25) is 0 Å². The highest BCUT2D eigenvalue weighted by Gasteiger charge is 1.85. The third kappa shape index (κ3) is 10.1. The van der Waals surface area contributed by atoms with Gasteiger partial charge in [-0.1, -0.05) is 39.2 Å². The number of unbranched alkanes of at least 4 members (excludes halogenated alkanes) is 3. The second-order valence-corrected chi connectivity index (χ2v) is 3.73. The Morgan fingerprint density at radius 3 is 2.55 bits per heavy atom. The summed E-state index contributed by atoms with van der Waals surface area (Å²) in [6, 6.07) is 0. The van der Waals surface area contributed by atoms with Gasteiger partial charge < -0.3 is 0 Å². The lowest BCUT2D eigenvalue weighted by Crippen LogP contribution is -1.77. The van der Waals surface area contributed by atoms with Gasteiger partial charge in [0, 0.05) is 0 Å². The van der Waals surface area contributed by atoms with E-state index in [4.69, 9.17) is 0 Å². The SMILES string of the molecule is CC/C=C/SCCCCCC. The molecule has 66 valence electrons. The Labute approximate surface area is 75.5 Å². The highest BCUT2D eigenvalue weighted by molar-refractivity contribution is 8.02. The second-order valence-electron chi connectivity index (χ2n) is 2.71. The van der Waals surface area contributed by atoms with Crippen LogP contribution in [0.5, 0.6) is 0 Å². The summed E-state index contributed by atoms with van der Waals surface area (Å²) in [4.78, 5) is 0. The fraction of sp³-hybridized carbons (Fsp3) is 0.800. The fourth-order valence-corrected chi connectivity index (χ4v) is 1.68. The van der Waals surface area contributed by atoms with Gasteiger partial charge in [-0.3, -0.25) is 0 Å². The molecule has 0 aliphatic carbocycles. The second kappa shape index (κ2) is 10.1. The van der Waals surface area contributed by atoms with Gasteiger partial charge in [-0.2, -0.15) is 0 Å². The van der Waals surface area contributed by atoms with Crippen LogP contribution in [0.15, 0.2) is 11.5 Å². The van der Waals surface area contributed by atoms with Gasteiger partial charge in [-0.05, 0) is 24.0 Å². The van der Waals surface area contributed by atoms with Crippen molar-refractivity contribution in [1.29, 1.82) is 0 Å². The zero-order valence-corrected chi connectivity index (χ0v) is 8.62. The Hall–Kier alpha value is 0.0900. The van der Waals surface area contributed by atoms with Crippen LogP contribution in [0.4, 0.5) is 0 Å². The number of hydrogen-bond donors (Lipinski definition) is 0. The lowest BCUT2D eigenvalue weighted by Gasteiger charge is -1.95. The Balaban J connectivity index is 2.85. The monoisotopic (exact) mass is 172 g/mol. The van der Waals surface area contributed by atoms with E-state index in [0.717, 1.165) is 0 Å². The molecule has 0 radical (unpaired) electrons. The maximum Gasteiger partial charge on any atom is -0.00261 e. The summed E-state index contributed by atoms with van der Waals surface area (Å²) in [7, 11) is 0. The van der Waals surface area contributed by atoms with Crippen molar-refractivity contribution in [3.8, 4) is 0 Å². The molecular weight excluding hydrogens is 152 g/mol. The quantitative estimate of drug-likeness (QED) is 0.518. The molecule has 0 N–H and O–H groups in total. The molecule has 0 aromatic rings. The molecule has 0 aliphatic heterocycles. The smallest absolute Gasteiger partial charge is 0.00261 e. The Morgan fingerprint density at radius 1 is 1.09 bits per heavy atom. The van der Waals surface area contributed by atoms with Crippen LogP contribution in [-0.4, -0.2) is 5.75 Å². The van der Waals surface area contributed by atoms with Crippen molar-refractivity contribution in [2.24, 2.45) is 0 Å². The first-order chi connectivity index (χ1) is 5.41. The highest BCUT2D eigenvalue weighted by atomic mass is 32.2. The predicted molar refractivity (Wildman–Crippen MR) is 56.0 cm³/mol. The summed E-state index contributed by atoms with van der Waals surface area (Å²) in [5, 5.41) is 2.23. The van der Waals surface area contributed by atoms with E-state index in [-0.39, 0.29) is 0 Å². The summed E-state index contributed by atoms with van der Waals surface area (Å²) in [5.41, 5.74) is 0. The average molecular weight is 172 g/mol. The molecule has 0 heterocycles. The molecule has 0 bridgehead atoms. The van der Waals surface area contributed by atoms with Crippen LogP contribution in [-0.2, 0) is 0 Å². The number of rotatable bonds is 7. The maximum atomic E-state index is 2.25. The van der Waals surface area contributed by atoms with Crippen LogP contribution < -0.4 is 0 Å². The summed E-state index contributed by atoms with van der Waals surface area (Å²) in [5.74, 6) is 1.30. The molecule has 0 amide bonds. The Bertz CT molecular complexity index is 86.9. The van der Waals surface area contributed by atoms with E-state index in [9.17, 15) is 0 Å². The molecule has 0 aromatic heterocycles. The van der Waals surface area contributed by atoms with Crippen LogP contribution in [0.3, 0.4) is 0 Å². The van der Waals surface area contributed by atoms with Gasteiger partial charge in [-0.25, -0.2) is 0 Å². The Kier molecular flexibility index (Phi) is 10.2. The van der Waals surface area contributed by atoms with E-state index in [1.807, 2.05) is 11.8 Å². The summed E-state index contributed by atoms with van der Waals surface area (Å²) in [6.07, 6.45) is 8.93. The highest BCUT2D eigenvalue weighted by Crippen LogP contribution is 2.08. The third-order valence-corrected chi connectivity index (χ3v) is 2.45. The van der Waals surface area contributed by atoms with Crippen molar-refractivity contribution in [2.45, 2.75) is 46.0 Å². The van der Waals surface area contributed by atoms with Crippen LogP contribution in [0.25, 0.3) is 0 Å². The lowest BCUT2D eigenvalue weighted by atomic mass is 10.2. The first-order valence-electron chi connectivity index (χ1n) is 4.68. The topological polar surface area (TPSA) is 0 Å². The van der Waals surface area contributed by atoms with Gasteiger partial charge in [0.25, 0.3) is 0 Å². The van der Waals surface area contributed by atoms with Crippen molar-refractivity contribution < 1.29 is 0 Å². The molecule has 0 spiro atoms. The molecule has 0 aliphatic rings. The molecule has 11 heavy (non-hydrogen) atoms. The fourth-order valence-electron chi connectivity index (χ4n) is 0.844. The largest absolute Gasteiger partial charge is 0.134 e. The van der Waals surface area contributed by atoms with Crippen LogP contribution in [0.2, 0.25) is 0 Å². The van der Waals surface area contributed by atoms with Gasteiger partial charge in [-0.15, -0.1) is 11.8 Å². The van der Waals surface area contributed by atoms with Crippen molar-refractivity contribution >= 4 is 11.8 Å². The standard InChI is InChI=1S/C10H20S/c1-3-5-7-8-10-11-9-6-4-2/h6,9H,3-5,7-8,10H2,1-2H3/b9-6+. The van der Waals surface area contributed by atoms with Crippen molar-refractivity contribution in [2.75, 3.05) is 5.75 Å². The van der Waals surface area contributed by atoms with E-state index in [0.29, 0.717) is 0 Å². The minimum atomic E-state index is 1.17. The average Bonchev–Trinajstić information content (AvgIpc) is 2.03. The third-order valence-electron chi connectivity index (χ3n) is 1.54. The molecule has 0 atom stereocenters. The van der Waals surface area contributed by atoms with Gasteiger partial charge in [0.05, 0.1) is 0 Å². The van der Waals surface area contributed by atoms with Crippen LogP contribution >= 0.6 is 11.8 Å². The summed E-state index contributed by atoms with van der Waals surface area (Å²) < 4.78 is 0. The number of allylic oxidation sites excluding steroid dienone is 1. The summed E-state index contributed by atoms with van der Waals surface area (Å²) >= 11 is 1.95. The van der Waals surface area contributed by atoms with E-state index in [1.54, 1.807) is 0 Å². The Morgan fingerprint density at radius 2 is 1.91 bits per heavy atom. The van der Waals surface area contributed by atoms with Gasteiger partial charge >= 0.3 is 0 Å². The molecule has 0 unspecified atom stereocenters. The van der Waals surface area contributed by atoms with Gasteiger partial charge in [0.15, 0.2) is 0 Å². The minimum absolute atomic E-state index is 1.17. The zero-order chi connectivity index (χ0) is 8.36. The molecule has 0 saturated heterocycles. The molecule has 0 saturated carbocycles. The zero-order valence-electron chi connectivity index (χ0n) is 7.81. The predicted octanol–water partition coefficient (Wildman–Crippen LogP) is 4.22.